The largest absolute Gasteiger partial charge is 0.357 e. The van der Waals surface area contributed by atoms with Crippen molar-refractivity contribution in [2.75, 3.05) is 13.1 Å². The highest BCUT2D eigenvalue weighted by Crippen LogP contribution is 2.43. The molecule has 1 aliphatic rings. The fourth-order valence-corrected chi connectivity index (χ4v) is 3.45. The van der Waals surface area contributed by atoms with Crippen molar-refractivity contribution < 1.29 is 0 Å². The zero-order valence-corrected chi connectivity index (χ0v) is 19.1. The molecule has 2 N–H and O–H groups in total. The van der Waals surface area contributed by atoms with Gasteiger partial charge in [-0.2, -0.15) is 5.10 Å². The Hall–Kier alpha value is -1.16. The third-order valence-electron chi connectivity index (χ3n) is 4.89. The number of aryl methyl sites for hydroxylation is 1. The first-order chi connectivity index (χ1) is 12.1. The number of aromatic nitrogens is 3. The van der Waals surface area contributed by atoms with Gasteiger partial charge in [0.15, 0.2) is 5.96 Å². The molecule has 3 rings (SSSR count). The first kappa shape index (κ1) is 21.1. The van der Waals surface area contributed by atoms with Crippen molar-refractivity contribution in [2.24, 2.45) is 12.0 Å². The molecule has 1 aliphatic carbocycles. The quantitative estimate of drug-likeness (QED) is 0.340. The van der Waals surface area contributed by atoms with Crippen molar-refractivity contribution in [3.05, 3.63) is 46.5 Å². The topological polar surface area (TPSA) is 67.1 Å². The van der Waals surface area contributed by atoms with Crippen LogP contribution in [0.5, 0.6) is 0 Å². The predicted molar refractivity (Wildman–Crippen MR) is 119 cm³/mol. The Morgan fingerprint density at radius 3 is 2.54 bits per heavy atom. The van der Waals surface area contributed by atoms with Crippen molar-refractivity contribution in [3.63, 3.8) is 0 Å². The van der Waals surface area contributed by atoms with Crippen LogP contribution in [-0.2, 0) is 19.0 Å². The third kappa shape index (κ3) is 4.97. The standard InChI is InChI=1S/C18H25BrN6.HI/c1-3-20-17(21-11-16-23-13-24-25(16)2)22-12-18(9-4-10-18)14-5-7-15(19)8-6-14;/h5-8,13H,3-4,9-12H2,1-2H3,(H2,20,21,22);1H. The van der Waals surface area contributed by atoms with Crippen LogP contribution in [-0.4, -0.2) is 33.8 Å². The lowest BCUT2D eigenvalue weighted by molar-refractivity contribution is 0.244. The normalized spacial score (nSPS) is 15.7. The Kier molecular flexibility index (Phi) is 7.87. The van der Waals surface area contributed by atoms with Gasteiger partial charge in [-0.1, -0.05) is 34.5 Å². The molecule has 142 valence electrons. The van der Waals surface area contributed by atoms with Gasteiger partial charge < -0.3 is 10.6 Å². The second-order valence-electron chi connectivity index (χ2n) is 6.49. The van der Waals surface area contributed by atoms with Crippen molar-refractivity contribution in [3.8, 4) is 0 Å². The number of hydrogen-bond donors (Lipinski definition) is 2. The van der Waals surface area contributed by atoms with Gasteiger partial charge >= 0.3 is 0 Å². The van der Waals surface area contributed by atoms with E-state index in [9.17, 15) is 0 Å². The first-order valence-corrected chi connectivity index (χ1v) is 9.53. The minimum absolute atomic E-state index is 0. The van der Waals surface area contributed by atoms with Crippen molar-refractivity contribution in [1.82, 2.24) is 25.4 Å². The van der Waals surface area contributed by atoms with E-state index in [1.807, 2.05) is 7.05 Å². The number of nitrogens with zero attached hydrogens (tertiary/aromatic N) is 4. The molecule has 1 saturated carbocycles. The van der Waals surface area contributed by atoms with E-state index in [1.165, 1.54) is 24.8 Å². The summed E-state index contributed by atoms with van der Waals surface area (Å²) in [7, 11) is 1.88. The van der Waals surface area contributed by atoms with E-state index < -0.39 is 0 Å². The zero-order chi connectivity index (χ0) is 17.7. The van der Waals surface area contributed by atoms with E-state index in [0.29, 0.717) is 6.54 Å². The lowest BCUT2D eigenvalue weighted by atomic mass is 9.64. The molecular formula is C18H26BrIN6. The smallest absolute Gasteiger partial charge is 0.191 e. The molecular weight excluding hydrogens is 507 g/mol. The van der Waals surface area contributed by atoms with Crippen LogP contribution in [0, 0.1) is 0 Å². The number of hydrogen-bond acceptors (Lipinski definition) is 3. The second-order valence-corrected chi connectivity index (χ2v) is 7.41. The molecule has 6 nitrogen and oxygen atoms in total. The van der Waals surface area contributed by atoms with Gasteiger partial charge in [-0.05, 0) is 37.5 Å². The molecule has 0 radical (unpaired) electrons. The number of rotatable bonds is 6. The number of aliphatic imine (C=N–C) groups is 1. The lowest BCUT2D eigenvalue weighted by Crippen LogP contribution is -2.48. The summed E-state index contributed by atoms with van der Waals surface area (Å²) in [5.41, 5.74) is 1.61. The van der Waals surface area contributed by atoms with Crippen LogP contribution < -0.4 is 10.6 Å². The molecule has 0 bridgehead atoms. The third-order valence-corrected chi connectivity index (χ3v) is 5.42. The molecule has 2 aromatic rings. The highest BCUT2D eigenvalue weighted by Gasteiger charge is 2.38. The van der Waals surface area contributed by atoms with Crippen LogP contribution in [0.4, 0.5) is 0 Å². The second kappa shape index (κ2) is 9.68. The summed E-state index contributed by atoms with van der Waals surface area (Å²) in [5, 5.41) is 10.9. The molecule has 0 atom stereocenters. The Bertz CT molecular complexity index is 724. The minimum atomic E-state index is 0. The molecule has 1 fully saturated rings. The van der Waals surface area contributed by atoms with Gasteiger partial charge in [0, 0.05) is 30.0 Å². The maximum Gasteiger partial charge on any atom is 0.191 e. The Balaban J connectivity index is 0.00000243. The average molecular weight is 533 g/mol. The van der Waals surface area contributed by atoms with Crippen LogP contribution in [0.25, 0.3) is 0 Å². The van der Waals surface area contributed by atoms with Crippen LogP contribution in [0.1, 0.15) is 37.6 Å². The Morgan fingerprint density at radius 1 is 1.27 bits per heavy atom. The number of nitrogens with one attached hydrogen (secondary N) is 2. The highest BCUT2D eigenvalue weighted by molar-refractivity contribution is 14.0. The van der Waals surface area contributed by atoms with Gasteiger partial charge in [0.2, 0.25) is 0 Å². The van der Waals surface area contributed by atoms with E-state index in [0.717, 1.165) is 29.3 Å². The van der Waals surface area contributed by atoms with Crippen molar-refractivity contribution in [2.45, 2.75) is 38.1 Å². The molecule has 1 aromatic carbocycles. The first-order valence-electron chi connectivity index (χ1n) is 8.74. The zero-order valence-electron chi connectivity index (χ0n) is 15.2. The molecule has 0 amide bonds. The van der Waals surface area contributed by atoms with E-state index in [-0.39, 0.29) is 29.4 Å². The van der Waals surface area contributed by atoms with Gasteiger partial charge in [0.25, 0.3) is 0 Å². The summed E-state index contributed by atoms with van der Waals surface area (Å²) in [6, 6.07) is 8.72. The summed E-state index contributed by atoms with van der Waals surface area (Å²) in [4.78, 5) is 8.87. The molecule has 0 spiro atoms. The summed E-state index contributed by atoms with van der Waals surface area (Å²) >= 11 is 3.52. The summed E-state index contributed by atoms with van der Waals surface area (Å²) in [6.45, 7) is 4.31. The summed E-state index contributed by atoms with van der Waals surface area (Å²) < 4.78 is 2.87. The monoisotopic (exact) mass is 532 g/mol. The predicted octanol–water partition coefficient (Wildman–Crippen LogP) is 3.37. The van der Waals surface area contributed by atoms with Crippen LogP contribution in [0.15, 0.2) is 40.1 Å². The maximum atomic E-state index is 4.65. The van der Waals surface area contributed by atoms with Crippen molar-refractivity contribution >= 4 is 45.9 Å². The lowest BCUT2D eigenvalue weighted by Gasteiger charge is -2.43. The fourth-order valence-electron chi connectivity index (χ4n) is 3.18. The molecule has 1 aromatic heterocycles. The van der Waals surface area contributed by atoms with Gasteiger partial charge in [-0.3, -0.25) is 4.68 Å². The summed E-state index contributed by atoms with van der Waals surface area (Å²) in [5.74, 6) is 1.68. The molecule has 8 heteroatoms. The van der Waals surface area contributed by atoms with Crippen LogP contribution >= 0.6 is 39.9 Å². The fraction of sp³-hybridized carbons (Fsp3) is 0.500. The highest BCUT2D eigenvalue weighted by atomic mass is 127. The van der Waals surface area contributed by atoms with E-state index in [4.69, 9.17) is 0 Å². The van der Waals surface area contributed by atoms with Gasteiger partial charge in [0.05, 0.1) is 0 Å². The molecule has 1 heterocycles. The molecule has 26 heavy (non-hydrogen) atoms. The van der Waals surface area contributed by atoms with Crippen LogP contribution in [0.2, 0.25) is 0 Å². The van der Waals surface area contributed by atoms with E-state index in [2.05, 4.69) is 72.8 Å². The van der Waals surface area contributed by atoms with Gasteiger partial charge in [0.1, 0.15) is 18.7 Å². The van der Waals surface area contributed by atoms with Crippen LogP contribution in [0.3, 0.4) is 0 Å². The SMILES string of the molecule is CCNC(=NCc1ncnn1C)NCC1(c2ccc(Br)cc2)CCC1.I. The van der Waals surface area contributed by atoms with Gasteiger partial charge in [-0.25, -0.2) is 9.98 Å². The summed E-state index contributed by atoms with van der Waals surface area (Å²) in [6.07, 6.45) is 5.26. The number of benzene rings is 1. The molecule has 0 unspecified atom stereocenters. The maximum absolute atomic E-state index is 4.65. The van der Waals surface area contributed by atoms with Gasteiger partial charge in [-0.15, -0.1) is 24.0 Å². The van der Waals surface area contributed by atoms with E-state index in [1.54, 1.807) is 11.0 Å². The molecule has 0 aliphatic heterocycles. The van der Waals surface area contributed by atoms with Crippen molar-refractivity contribution in [1.29, 1.82) is 0 Å². The Morgan fingerprint density at radius 2 is 2.00 bits per heavy atom. The number of halogens is 2. The number of guanidine groups is 1. The van der Waals surface area contributed by atoms with E-state index >= 15 is 0 Å². The minimum Gasteiger partial charge on any atom is -0.357 e. The molecule has 0 saturated heterocycles. The average Bonchev–Trinajstić information content (AvgIpc) is 2.98. The Labute approximate surface area is 180 Å².